The van der Waals surface area contributed by atoms with E-state index in [4.69, 9.17) is 4.74 Å². The van der Waals surface area contributed by atoms with Crippen LogP contribution in [0, 0.1) is 10.1 Å². The van der Waals surface area contributed by atoms with E-state index in [1.807, 2.05) is 12.1 Å². The van der Waals surface area contributed by atoms with E-state index in [1.54, 1.807) is 0 Å². The van der Waals surface area contributed by atoms with E-state index in [0.717, 1.165) is 8.66 Å². The van der Waals surface area contributed by atoms with Gasteiger partial charge < -0.3 is 4.74 Å². The summed E-state index contributed by atoms with van der Waals surface area (Å²) in [5.74, 6) is 0.153. The number of aldehydes is 1. The third-order valence-corrected chi connectivity index (χ3v) is 3.91. The van der Waals surface area contributed by atoms with Gasteiger partial charge in [0.15, 0.2) is 5.75 Å². The summed E-state index contributed by atoms with van der Waals surface area (Å²) in [4.78, 5) is 21.9. The van der Waals surface area contributed by atoms with Gasteiger partial charge in [0.2, 0.25) is 0 Å². The summed E-state index contributed by atoms with van der Waals surface area (Å²) >= 11 is 4.83. The first-order valence-electron chi connectivity index (χ1n) is 5.21. The third-order valence-electron chi connectivity index (χ3n) is 2.31. The average molecular weight is 342 g/mol. The van der Waals surface area contributed by atoms with Crippen LogP contribution in [0.4, 0.5) is 5.69 Å². The van der Waals surface area contributed by atoms with Crippen LogP contribution in [0.1, 0.15) is 15.2 Å². The highest BCUT2D eigenvalue weighted by molar-refractivity contribution is 9.11. The van der Waals surface area contributed by atoms with Gasteiger partial charge in [0.25, 0.3) is 0 Å². The highest BCUT2D eigenvalue weighted by Crippen LogP contribution is 2.29. The Kier molecular flexibility index (Phi) is 4.28. The van der Waals surface area contributed by atoms with E-state index in [2.05, 4.69) is 15.9 Å². The van der Waals surface area contributed by atoms with Gasteiger partial charge in [-0.2, -0.15) is 0 Å². The molecule has 0 aliphatic heterocycles. The van der Waals surface area contributed by atoms with Crippen molar-refractivity contribution in [2.45, 2.75) is 6.61 Å². The monoisotopic (exact) mass is 341 g/mol. The van der Waals surface area contributed by atoms with Crippen molar-refractivity contribution in [3.05, 3.63) is 54.7 Å². The van der Waals surface area contributed by atoms with E-state index in [0.29, 0.717) is 6.29 Å². The molecule has 0 fully saturated rings. The molecule has 2 rings (SSSR count). The number of benzene rings is 1. The molecule has 0 aliphatic rings. The molecule has 5 nitrogen and oxygen atoms in total. The van der Waals surface area contributed by atoms with Gasteiger partial charge in [0, 0.05) is 16.5 Å². The number of hydrogen-bond acceptors (Lipinski definition) is 5. The van der Waals surface area contributed by atoms with Crippen molar-refractivity contribution in [3.63, 3.8) is 0 Å². The second-order valence-electron chi connectivity index (χ2n) is 3.60. The Morgan fingerprint density at radius 3 is 2.74 bits per heavy atom. The van der Waals surface area contributed by atoms with Gasteiger partial charge in [-0.15, -0.1) is 11.3 Å². The molecule has 1 aromatic carbocycles. The van der Waals surface area contributed by atoms with Crippen molar-refractivity contribution in [1.29, 1.82) is 0 Å². The summed E-state index contributed by atoms with van der Waals surface area (Å²) in [6.45, 7) is 0.248. The van der Waals surface area contributed by atoms with Crippen LogP contribution >= 0.6 is 27.3 Å². The van der Waals surface area contributed by atoms with E-state index >= 15 is 0 Å². The molecular formula is C12H8BrNO4S. The number of ether oxygens (including phenoxy) is 1. The van der Waals surface area contributed by atoms with Gasteiger partial charge in [0.1, 0.15) is 12.9 Å². The van der Waals surface area contributed by atoms with Crippen molar-refractivity contribution in [2.75, 3.05) is 0 Å². The fraction of sp³-hybridized carbons (Fsp3) is 0.0833. The van der Waals surface area contributed by atoms with Gasteiger partial charge in [0.05, 0.1) is 8.71 Å². The number of nitro benzene ring substituents is 1. The van der Waals surface area contributed by atoms with E-state index < -0.39 is 4.92 Å². The maximum absolute atomic E-state index is 10.9. The summed E-state index contributed by atoms with van der Waals surface area (Å²) in [6.07, 6.45) is 0.563. The molecule has 0 spiro atoms. The first-order chi connectivity index (χ1) is 9.10. The van der Waals surface area contributed by atoms with Gasteiger partial charge >= 0.3 is 5.69 Å². The number of carbonyl (C=O) groups is 1. The minimum atomic E-state index is -0.563. The van der Waals surface area contributed by atoms with Crippen LogP contribution in [0.15, 0.2) is 34.1 Å². The zero-order valence-corrected chi connectivity index (χ0v) is 11.9. The molecule has 7 heteroatoms. The average Bonchev–Trinajstić information content (AvgIpc) is 2.82. The Labute approximate surface area is 121 Å². The van der Waals surface area contributed by atoms with Crippen LogP contribution in [0.2, 0.25) is 0 Å². The highest BCUT2D eigenvalue weighted by Gasteiger charge is 2.16. The number of nitro groups is 1. The van der Waals surface area contributed by atoms with Crippen LogP contribution in [-0.4, -0.2) is 11.2 Å². The smallest absolute Gasteiger partial charge is 0.311 e. The van der Waals surface area contributed by atoms with Gasteiger partial charge in [-0.25, -0.2) is 0 Å². The predicted molar refractivity (Wildman–Crippen MR) is 74.8 cm³/mol. The lowest BCUT2D eigenvalue weighted by molar-refractivity contribution is -0.386. The van der Waals surface area contributed by atoms with Crippen LogP contribution in [0.3, 0.4) is 0 Å². The number of rotatable bonds is 5. The lowest BCUT2D eigenvalue weighted by atomic mass is 10.2. The van der Waals surface area contributed by atoms with Crippen LogP contribution in [0.25, 0.3) is 0 Å². The standard InChI is InChI=1S/C12H8BrNO4S/c13-12-4-2-9(19-12)7-18-11-3-1-8(6-15)5-10(11)14(16)17/h1-6H,7H2. The topological polar surface area (TPSA) is 69.4 Å². The molecule has 0 amide bonds. The molecule has 98 valence electrons. The molecule has 0 radical (unpaired) electrons. The summed E-state index contributed by atoms with van der Waals surface area (Å²) in [7, 11) is 0. The first-order valence-corrected chi connectivity index (χ1v) is 6.81. The number of nitrogens with zero attached hydrogens (tertiary/aromatic N) is 1. The van der Waals surface area contributed by atoms with Crippen molar-refractivity contribution < 1.29 is 14.5 Å². The number of carbonyl (C=O) groups excluding carboxylic acids is 1. The Bertz CT molecular complexity index is 626. The number of hydrogen-bond donors (Lipinski definition) is 0. The second kappa shape index (κ2) is 5.94. The van der Waals surface area contributed by atoms with Gasteiger partial charge in [-0.1, -0.05) is 0 Å². The second-order valence-corrected chi connectivity index (χ2v) is 6.14. The summed E-state index contributed by atoms with van der Waals surface area (Å²) in [6, 6.07) is 7.88. The SMILES string of the molecule is O=Cc1ccc(OCc2ccc(Br)s2)c([N+](=O)[O-])c1. The Morgan fingerprint density at radius 2 is 2.16 bits per heavy atom. The molecule has 0 N–H and O–H groups in total. The number of halogens is 1. The molecule has 1 heterocycles. The van der Waals surface area contributed by atoms with Gasteiger partial charge in [-0.05, 0) is 40.2 Å². The Morgan fingerprint density at radius 1 is 1.37 bits per heavy atom. The fourth-order valence-electron chi connectivity index (χ4n) is 1.45. The molecule has 0 atom stereocenters. The van der Waals surface area contributed by atoms with Crippen LogP contribution in [0.5, 0.6) is 5.75 Å². The molecular weight excluding hydrogens is 334 g/mol. The molecule has 0 aliphatic carbocycles. The molecule has 0 saturated carbocycles. The molecule has 0 bridgehead atoms. The summed E-state index contributed by atoms with van der Waals surface area (Å²) in [5.41, 5.74) is 0.0399. The van der Waals surface area contributed by atoms with Crippen molar-refractivity contribution >= 4 is 39.2 Å². The molecule has 19 heavy (non-hydrogen) atoms. The van der Waals surface area contributed by atoms with Gasteiger partial charge in [-0.3, -0.25) is 14.9 Å². The molecule has 0 unspecified atom stereocenters. The zero-order chi connectivity index (χ0) is 13.8. The lowest BCUT2D eigenvalue weighted by Crippen LogP contribution is -1.98. The van der Waals surface area contributed by atoms with Crippen molar-refractivity contribution in [2.24, 2.45) is 0 Å². The number of thiophene rings is 1. The van der Waals surface area contributed by atoms with Crippen molar-refractivity contribution in [1.82, 2.24) is 0 Å². The Hall–Kier alpha value is -1.73. The third kappa shape index (κ3) is 3.39. The van der Waals surface area contributed by atoms with E-state index in [-0.39, 0.29) is 23.6 Å². The quantitative estimate of drug-likeness (QED) is 0.471. The zero-order valence-electron chi connectivity index (χ0n) is 9.54. The van der Waals surface area contributed by atoms with Crippen LogP contribution < -0.4 is 4.74 Å². The highest BCUT2D eigenvalue weighted by atomic mass is 79.9. The molecule has 1 aromatic heterocycles. The largest absolute Gasteiger partial charge is 0.481 e. The normalized spacial score (nSPS) is 10.2. The summed E-state index contributed by atoms with van der Waals surface area (Å²) < 4.78 is 6.40. The minimum absolute atomic E-state index is 0.153. The molecule has 0 saturated heterocycles. The van der Waals surface area contributed by atoms with Crippen LogP contribution in [-0.2, 0) is 6.61 Å². The van der Waals surface area contributed by atoms with E-state index in [9.17, 15) is 14.9 Å². The van der Waals surface area contributed by atoms with Crippen molar-refractivity contribution in [3.8, 4) is 5.75 Å². The Balaban J connectivity index is 2.19. The summed E-state index contributed by atoms with van der Waals surface area (Å²) in [5, 5.41) is 10.9. The predicted octanol–water partition coefficient (Wildman–Crippen LogP) is 3.81. The maximum atomic E-state index is 10.9. The molecule has 2 aromatic rings. The van der Waals surface area contributed by atoms with E-state index in [1.165, 1.54) is 29.5 Å². The fourth-order valence-corrected chi connectivity index (χ4v) is 2.85. The maximum Gasteiger partial charge on any atom is 0.311 e. The first kappa shape index (κ1) is 13.7. The lowest BCUT2D eigenvalue weighted by Gasteiger charge is -2.05. The minimum Gasteiger partial charge on any atom is -0.481 e.